The first-order valence-electron chi connectivity index (χ1n) is 18.7. The SMILES string of the molecule is CCC(C)=O.CCNCC.CCOC(=O)c1c(N)sc(C)c1C.Cc1sc2nc[nH]c(=O)c2c1C.Cc1sc2ncnc(Cl)c2c1C.NC=O.O=P(Cl)(Cl)Cl.[B].[C-]#[N+]CC(=O)OCC. The molecule has 1 amide bonds. The summed E-state index contributed by atoms with van der Waals surface area (Å²) in [4.78, 5) is 74.2. The maximum Gasteiger partial charge on any atom is 0.387 e. The Balaban J connectivity index is -0.000000335. The number of aryl methyl sites for hydroxylation is 5. The van der Waals surface area contributed by atoms with Gasteiger partial charge in [0.05, 0.1) is 35.9 Å². The monoisotopic (exact) mass is 1040 g/mol. The number of nitrogen functional groups attached to an aromatic ring is 1. The van der Waals surface area contributed by atoms with Crippen molar-refractivity contribution in [3.63, 3.8) is 0 Å². The Hall–Kier alpha value is -3.64. The minimum Gasteiger partial charge on any atom is -0.462 e. The number of Topliss-reactive ketones (excluding diaryl/α,β-unsaturated/α-hetero) is 1. The largest absolute Gasteiger partial charge is 0.462 e. The highest BCUT2D eigenvalue weighted by Crippen LogP contribution is 2.61. The lowest BCUT2D eigenvalue weighted by atomic mass is 10.2. The number of nitrogens with one attached hydrogen (secondary N) is 2. The number of primary amides is 1. The molecule has 0 bridgehead atoms. The highest BCUT2D eigenvalue weighted by atomic mass is 36.0. The summed E-state index contributed by atoms with van der Waals surface area (Å²) in [6.07, 6.45) is 3.86. The third kappa shape index (κ3) is 29.0. The van der Waals surface area contributed by atoms with E-state index in [1.807, 2.05) is 41.5 Å². The number of thiophene rings is 3. The van der Waals surface area contributed by atoms with Crippen LogP contribution in [0.4, 0.5) is 5.00 Å². The summed E-state index contributed by atoms with van der Waals surface area (Å²) in [5, 5.41) is 2.73. The maximum absolute atomic E-state index is 11.4. The zero-order chi connectivity index (χ0) is 49.5. The number of fused-ring (bicyclic) bond motifs is 2. The third-order valence-electron chi connectivity index (χ3n) is 7.29. The number of amides is 1. The van der Waals surface area contributed by atoms with E-state index in [1.54, 1.807) is 43.4 Å². The molecule has 16 nitrogen and oxygen atoms in total. The molecule has 0 atom stereocenters. The molecular formula is C39H57BCl4N8O8PS3. The van der Waals surface area contributed by atoms with Crippen molar-refractivity contribution in [2.24, 2.45) is 5.73 Å². The molecular weight excluding hydrogens is 988 g/mol. The second-order valence-electron chi connectivity index (χ2n) is 11.7. The lowest BCUT2D eigenvalue weighted by molar-refractivity contribution is -0.140. The van der Waals surface area contributed by atoms with Crippen LogP contribution in [0.25, 0.3) is 25.3 Å². The number of ketones is 1. The Labute approximate surface area is 408 Å². The van der Waals surface area contributed by atoms with Gasteiger partial charge >= 0.3 is 23.7 Å². The van der Waals surface area contributed by atoms with E-state index in [0.29, 0.717) is 35.4 Å². The average molecular weight is 1050 g/mol. The normalized spacial score (nSPS) is 9.42. The fourth-order valence-corrected chi connectivity index (χ4v) is 7.21. The summed E-state index contributed by atoms with van der Waals surface area (Å²) >= 11 is 24.4. The van der Waals surface area contributed by atoms with Crippen LogP contribution in [0.15, 0.2) is 17.4 Å². The molecule has 5 aromatic rings. The smallest absolute Gasteiger partial charge is 0.387 e. The Morgan fingerprint density at radius 1 is 0.859 bits per heavy atom. The highest BCUT2D eigenvalue weighted by molar-refractivity contribution is 8.24. The van der Waals surface area contributed by atoms with Crippen molar-refractivity contribution >= 4 is 143 Å². The Morgan fingerprint density at radius 3 is 1.64 bits per heavy atom. The molecule has 0 aliphatic heterocycles. The van der Waals surface area contributed by atoms with Gasteiger partial charge in [-0.05, 0) is 126 Å². The van der Waals surface area contributed by atoms with Crippen LogP contribution in [-0.4, -0.2) is 85.3 Å². The molecule has 0 aliphatic rings. The van der Waals surface area contributed by atoms with E-state index in [2.05, 4.69) is 95.1 Å². The van der Waals surface area contributed by atoms with Crippen molar-refractivity contribution in [3.05, 3.63) is 76.5 Å². The summed E-state index contributed by atoms with van der Waals surface area (Å²) in [5.41, 5.74) is 13.5. The number of hydrogen-bond donors (Lipinski definition) is 4. The predicted octanol–water partition coefficient (Wildman–Crippen LogP) is 10.3. The van der Waals surface area contributed by atoms with Crippen molar-refractivity contribution < 1.29 is 33.2 Å². The number of hydrogen-bond acceptors (Lipinski definition) is 16. The lowest BCUT2D eigenvalue weighted by Gasteiger charge is -2.01. The van der Waals surface area contributed by atoms with Gasteiger partial charge in [0.15, 0.2) is 0 Å². The van der Waals surface area contributed by atoms with Crippen LogP contribution in [0, 0.1) is 48.1 Å². The first-order valence-corrected chi connectivity index (χ1v) is 26.0. The van der Waals surface area contributed by atoms with Gasteiger partial charge in [0.2, 0.25) is 6.41 Å². The predicted molar refractivity (Wildman–Crippen MR) is 270 cm³/mol. The number of carbonyl (C=O) groups is 4. The molecule has 6 N–H and O–H groups in total. The molecule has 355 valence electrons. The fourth-order valence-electron chi connectivity index (χ4n) is 3.96. The zero-order valence-corrected chi connectivity index (χ0v) is 44.3. The van der Waals surface area contributed by atoms with Crippen molar-refractivity contribution in [3.8, 4) is 0 Å². The number of halogens is 4. The molecule has 0 saturated heterocycles. The van der Waals surface area contributed by atoms with E-state index < -0.39 is 11.2 Å². The molecule has 0 aromatic carbocycles. The number of rotatable bonds is 7. The molecule has 64 heavy (non-hydrogen) atoms. The Kier molecular flexibility index (Phi) is 39.3. The molecule has 5 aromatic heterocycles. The minimum atomic E-state index is -3.22. The number of carbonyl (C=O) groups excluding carboxylic acids is 4. The van der Waals surface area contributed by atoms with Crippen LogP contribution in [0.1, 0.15) is 89.6 Å². The van der Waals surface area contributed by atoms with Gasteiger partial charge in [-0.15, -0.1) is 34.0 Å². The summed E-state index contributed by atoms with van der Waals surface area (Å²) in [6, 6.07) is 0. The van der Waals surface area contributed by atoms with Gasteiger partial charge in [0.1, 0.15) is 31.9 Å². The fraction of sp³-hybridized carbons (Fsp3) is 0.462. The van der Waals surface area contributed by atoms with E-state index >= 15 is 0 Å². The minimum absolute atomic E-state index is 0. The molecule has 5 heterocycles. The second-order valence-corrected chi connectivity index (χ2v) is 22.4. The first kappa shape index (κ1) is 67.0. The molecule has 0 fully saturated rings. The number of H-pyrrole nitrogens is 1. The standard InChI is InChI=1S/C9H13NO2S.C8H7ClN2S.C8H8N2OS.C5H7NO2.C4H11N.C4H8O.CH3NO.B.Cl3OP/c1-4-12-9(11)7-5(2)6(3)13-8(7)10;1-4-5(2)12-8-6(4)7(9)10-3-11-8;1-4-5(2)12-8-6(4)7(11)9-3-10-8;1-3-8-5(7)4-6-2;1-3-5-4-2;1-3-4(2)5;2-1-3;;1-5(2,3)4/h4,10H2,1-3H3;3H,1-2H3;3H,1-2H3,(H,9,10,11);3-4H2,1H3;5H,3-4H2,1-2H3;3H2,1-2H3;1H,(H2,2,3);;. The van der Waals surface area contributed by atoms with Gasteiger partial charge < -0.3 is 40.9 Å². The molecule has 5 rings (SSSR count). The van der Waals surface area contributed by atoms with Crippen molar-refractivity contribution in [2.75, 3.05) is 38.6 Å². The first-order chi connectivity index (χ1) is 29.4. The topological polar surface area (TPSA) is 244 Å². The van der Waals surface area contributed by atoms with Gasteiger partial charge in [-0.3, -0.25) is 14.2 Å². The molecule has 0 aliphatic carbocycles. The molecule has 0 unspecified atom stereocenters. The molecule has 0 spiro atoms. The van der Waals surface area contributed by atoms with Crippen LogP contribution >= 0.6 is 84.5 Å². The maximum atomic E-state index is 11.4. The zero-order valence-electron chi connectivity index (χ0n) is 37.9. The van der Waals surface area contributed by atoms with Crippen molar-refractivity contribution in [1.29, 1.82) is 0 Å². The number of nitrogens with zero attached hydrogens (tertiary/aromatic N) is 4. The highest BCUT2D eigenvalue weighted by Gasteiger charge is 2.18. The summed E-state index contributed by atoms with van der Waals surface area (Å²) in [6.45, 7) is 32.0. The molecule has 0 saturated carbocycles. The van der Waals surface area contributed by atoms with Crippen molar-refractivity contribution in [1.82, 2.24) is 25.3 Å². The third-order valence-corrected chi connectivity index (χ3v) is 10.8. The molecule has 3 radical (unpaired) electrons. The van der Waals surface area contributed by atoms with Crippen LogP contribution in [-0.2, 0) is 28.4 Å². The number of aromatic amines is 1. The number of ether oxygens (including phenoxy) is 2. The lowest BCUT2D eigenvalue weighted by Crippen LogP contribution is -2.09. The quantitative estimate of drug-likeness (QED) is 0.0296. The number of esters is 2. The van der Waals surface area contributed by atoms with Gasteiger partial charge in [-0.25, -0.2) is 31.1 Å². The number of nitrogens with two attached hydrogens (primary N) is 2. The van der Waals surface area contributed by atoms with Gasteiger partial charge in [-0.2, -0.15) is 0 Å². The van der Waals surface area contributed by atoms with E-state index in [4.69, 9.17) is 33.4 Å². The van der Waals surface area contributed by atoms with E-state index in [1.165, 1.54) is 34.4 Å². The van der Waals surface area contributed by atoms with Gasteiger partial charge in [-0.1, -0.05) is 32.4 Å². The number of anilines is 1. The van der Waals surface area contributed by atoms with Crippen LogP contribution in [0.5, 0.6) is 0 Å². The summed E-state index contributed by atoms with van der Waals surface area (Å²) in [5.74, 6) is -0.505. The Morgan fingerprint density at radius 2 is 1.30 bits per heavy atom. The van der Waals surface area contributed by atoms with E-state index in [0.717, 1.165) is 54.4 Å². The average Bonchev–Trinajstić information content (AvgIpc) is 3.76. The second kappa shape index (κ2) is 37.6. The number of aromatic nitrogens is 4. The van der Waals surface area contributed by atoms with E-state index in [9.17, 15) is 23.7 Å². The molecule has 25 heteroatoms. The summed E-state index contributed by atoms with van der Waals surface area (Å²) in [7, 11) is 0. The van der Waals surface area contributed by atoms with Crippen LogP contribution in [0.3, 0.4) is 0 Å². The van der Waals surface area contributed by atoms with Crippen molar-refractivity contribution in [2.45, 2.75) is 89.5 Å². The summed E-state index contributed by atoms with van der Waals surface area (Å²) < 4.78 is 18.8. The van der Waals surface area contributed by atoms with Gasteiger partial charge in [0.25, 0.3) is 5.56 Å². The van der Waals surface area contributed by atoms with E-state index in [-0.39, 0.29) is 38.7 Å². The van der Waals surface area contributed by atoms with Gasteiger partial charge in [0, 0.05) is 29.5 Å². The Bertz CT molecular complexity index is 2310. The van der Waals surface area contributed by atoms with Crippen LogP contribution in [0.2, 0.25) is 5.15 Å². The van der Waals surface area contributed by atoms with Crippen LogP contribution < -0.4 is 22.3 Å².